The molecule has 2 aromatic rings. The van der Waals surface area contributed by atoms with Crippen LogP contribution in [0.2, 0.25) is 5.02 Å². The minimum Gasteiger partial charge on any atom is -0.352 e. The quantitative estimate of drug-likeness (QED) is 0.926. The lowest BCUT2D eigenvalue weighted by atomic mass is 10.1. The van der Waals surface area contributed by atoms with Crippen molar-refractivity contribution in [1.29, 1.82) is 0 Å². The minimum absolute atomic E-state index is 0.0153. The zero-order valence-corrected chi connectivity index (χ0v) is 14.2. The Labute approximate surface area is 146 Å². The van der Waals surface area contributed by atoms with Gasteiger partial charge in [-0.15, -0.1) is 0 Å². The van der Waals surface area contributed by atoms with Gasteiger partial charge >= 0.3 is 0 Å². The van der Waals surface area contributed by atoms with E-state index in [-0.39, 0.29) is 24.2 Å². The van der Waals surface area contributed by atoms with E-state index in [0.717, 1.165) is 16.8 Å². The monoisotopic (exact) mass is 342 g/mol. The lowest BCUT2D eigenvalue weighted by Gasteiger charge is -2.17. The standard InChI is InChI=1S/C19H19ClN2O2/c1-13-5-4-7-16(9-13)22-12-15(10-18(22)23)19(24)21-11-14-6-2-3-8-17(14)20/h2-9,15H,10-12H2,1H3,(H,21,24)/t15-/m0/s1. The van der Waals surface area contributed by atoms with E-state index in [0.29, 0.717) is 18.1 Å². The second kappa shape index (κ2) is 7.05. The van der Waals surface area contributed by atoms with E-state index in [1.807, 2.05) is 49.4 Å². The van der Waals surface area contributed by atoms with Crippen LogP contribution in [0.3, 0.4) is 0 Å². The van der Waals surface area contributed by atoms with Crippen LogP contribution in [-0.2, 0) is 16.1 Å². The van der Waals surface area contributed by atoms with Crippen molar-refractivity contribution in [1.82, 2.24) is 5.32 Å². The molecule has 0 unspecified atom stereocenters. The predicted octanol–water partition coefficient (Wildman–Crippen LogP) is 3.32. The predicted molar refractivity (Wildman–Crippen MR) is 94.9 cm³/mol. The molecule has 1 aliphatic rings. The van der Waals surface area contributed by atoms with E-state index < -0.39 is 0 Å². The van der Waals surface area contributed by atoms with E-state index in [2.05, 4.69) is 5.32 Å². The van der Waals surface area contributed by atoms with E-state index in [4.69, 9.17) is 11.6 Å². The number of carbonyl (C=O) groups excluding carboxylic acids is 2. The van der Waals surface area contributed by atoms with Gasteiger partial charge in [-0.25, -0.2) is 0 Å². The zero-order valence-electron chi connectivity index (χ0n) is 13.5. The van der Waals surface area contributed by atoms with Gasteiger partial charge in [0.05, 0.1) is 5.92 Å². The number of aryl methyl sites for hydroxylation is 1. The Balaban J connectivity index is 1.63. The van der Waals surface area contributed by atoms with Crippen LogP contribution in [0, 0.1) is 12.8 Å². The van der Waals surface area contributed by atoms with Gasteiger partial charge in [-0.2, -0.15) is 0 Å². The Kier molecular flexibility index (Phi) is 4.86. The van der Waals surface area contributed by atoms with Crippen molar-refractivity contribution >= 4 is 29.1 Å². The molecule has 1 fully saturated rings. The number of halogens is 1. The van der Waals surface area contributed by atoms with Crippen molar-refractivity contribution in [2.24, 2.45) is 5.92 Å². The van der Waals surface area contributed by atoms with Gasteiger partial charge in [0.2, 0.25) is 11.8 Å². The fraction of sp³-hybridized carbons (Fsp3) is 0.263. The first-order valence-corrected chi connectivity index (χ1v) is 8.30. The number of hydrogen-bond acceptors (Lipinski definition) is 2. The molecule has 0 saturated carbocycles. The Morgan fingerprint density at radius 3 is 2.79 bits per heavy atom. The molecule has 2 aromatic carbocycles. The van der Waals surface area contributed by atoms with E-state index >= 15 is 0 Å². The maximum atomic E-state index is 12.4. The van der Waals surface area contributed by atoms with Crippen molar-refractivity contribution in [2.75, 3.05) is 11.4 Å². The van der Waals surface area contributed by atoms with Crippen LogP contribution >= 0.6 is 11.6 Å². The number of nitrogens with one attached hydrogen (secondary N) is 1. The highest BCUT2D eigenvalue weighted by atomic mass is 35.5. The number of rotatable bonds is 4. The molecule has 0 aromatic heterocycles. The molecule has 3 rings (SSSR count). The highest BCUT2D eigenvalue weighted by Crippen LogP contribution is 2.26. The van der Waals surface area contributed by atoms with Gasteiger partial charge < -0.3 is 10.2 Å². The summed E-state index contributed by atoms with van der Waals surface area (Å²) in [6.07, 6.45) is 0.238. The Morgan fingerprint density at radius 2 is 2.04 bits per heavy atom. The summed E-state index contributed by atoms with van der Waals surface area (Å²) >= 11 is 6.09. The van der Waals surface area contributed by atoms with Gasteiger partial charge in [-0.3, -0.25) is 9.59 Å². The highest BCUT2D eigenvalue weighted by molar-refractivity contribution is 6.31. The van der Waals surface area contributed by atoms with Crippen LogP contribution in [0.1, 0.15) is 17.5 Å². The molecule has 2 amide bonds. The summed E-state index contributed by atoms with van der Waals surface area (Å²) in [6.45, 7) is 2.77. The Hall–Kier alpha value is -2.33. The molecule has 0 radical (unpaired) electrons. The first-order chi connectivity index (χ1) is 11.5. The van der Waals surface area contributed by atoms with Crippen LogP contribution in [0.15, 0.2) is 48.5 Å². The summed E-state index contributed by atoms with van der Waals surface area (Å²) < 4.78 is 0. The first kappa shape index (κ1) is 16.5. The van der Waals surface area contributed by atoms with Crippen molar-refractivity contribution in [3.8, 4) is 0 Å². The van der Waals surface area contributed by atoms with Gasteiger partial charge in [0.15, 0.2) is 0 Å². The summed E-state index contributed by atoms with van der Waals surface area (Å²) in [4.78, 5) is 26.3. The molecular weight excluding hydrogens is 324 g/mol. The molecule has 1 saturated heterocycles. The van der Waals surface area contributed by atoms with Gasteiger partial charge in [0.25, 0.3) is 0 Å². The normalized spacial score (nSPS) is 17.2. The van der Waals surface area contributed by atoms with Crippen molar-refractivity contribution < 1.29 is 9.59 Å². The van der Waals surface area contributed by atoms with E-state index in [1.165, 1.54) is 0 Å². The second-order valence-electron chi connectivity index (χ2n) is 6.05. The third-order valence-electron chi connectivity index (χ3n) is 4.22. The molecule has 0 bridgehead atoms. The van der Waals surface area contributed by atoms with Crippen LogP contribution in [0.25, 0.3) is 0 Å². The summed E-state index contributed by atoms with van der Waals surface area (Å²) in [5, 5.41) is 3.51. The van der Waals surface area contributed by atoms with Gasteiger partial charge in [0, 0.05) is 30.2 Å². The maximum absolute atomic E-state index is 12.4. The number of amides is 2. The van der Waals surface area contributed by atoms with Crippen LogP contribution in [0.4, 0.5) is 5.69 Å². The molecule has 0 spiro atoms. The Bertz CT molecular complexity index is 775. The highest BCUT2D eigenvalue weighted by Gasteiger charge is 2.35. The molecule has 1 N–H and O–H groups in total. The van der Waals surface area contributed by atoms with Gasteiger partial charge in [-0.05, 0) is 36.2 Å². The third kappa shape index (κ3) is 3.60. The molecule has 1 atom stereocenters. The van der Waals surface area contributed by atoms with Crippen molar-refractivity contribution in [2.45, 2.75) is 19.9 Å². The lowest BCUT2D eigenvalue weighted by Crippen LogP contribution is -2.32. The molecule has 124 valence electrons. The van der Waals surface area contributed by atoms with Crippen molar-refractivity contribution in [3.63, 3.8) is 0 Å². The number of nitrogens with zero attached hydrogens (tertiary/aromatic N) is 1. The molecule has 24 heavy (non-hydrogen) atoms. The Morgan fingerprint density at radius 1 is 1.25 bits per heavy atom. The largest absolute Gasteiger partial charge is 0.352 e. The van der Waals surface area contributed by atoms with Crippen LogP contribution < -0.4 is 10.2 Å². The average Bonchev–Trinajstić information content (AvgIpc) is 2.96. The number of benzene rings is 2. The smallest absolute Gasteiger partial charge is 0.227 e. The fourth-order valence-electron chi connectivity index (χ4n) is 2.90. The fourth-order valence-corrected chi connectivity index (χ4v) is 3.10. The van der Waals surface area contributed by atoms with Crippen LogP contribution in [-0.4, -0.2) is 18.4 Å². The summed E-state index contributed by atoms with van der Waals surface area (Å²) in [5.74, 6) is -0.461. The third-order valence-corrected chi connectivity index (χ3v) is 4.59. The molecule has 4 nitrogen and oxygen atoms in total. The second-order valence-corrected chi connectivity index (χ2v) is 6.46. The minimum atomic E-state index is -0.333. The SMILES string of the molecule is Cc1cccc(N2C[C@@H](C(=O)NCc3ccccc3Cl)CC2=O)c1. The molecule has 0 aliphatic carbocycles. The maximum Gasteiger partial charge on any atom is 0.227 e. The average molecular weight is 343 g/mol. The molecule has 5 heteroatoms. The zero-order chi connectivity index (χ0) is 17.1. The molecule has 1 heterocycles. The number of carbonyl (C=O) groups is 2. The summed E-state index contributed by atoms with van der Waals surface area (Å²) in [5.41, 5.74) is 2.81. The first-order valence-electron chi connectivity index (χ1n) is 7.93. The van der Waals surface area contributed by atoms with Crippen molar-refractivity contribution in [3.05, 3.63) is 64.7 Å². The number of anilines is 1. The van der Waals surface area contributed by atoms with E-state index in [1.54, 1.807) is 11.0 Å². The summed E-state index contributed by atoms with van der Waals surface area (Å²) in [7, 11) is 0. The summed E-state index contributed by atoms with van der Waals surface area (Å²) in [6, 6.07) is 15.2. The van der Waals surface area contributed by atoms with Gasteiger partial charge in [0.1, 0.15) is 0 Å². The number of hydrogen-bond donors (Lipinski definition) is 1. The van der Waals surface area contributed by atoms with Gasteiger partial charge in [-0.1, -0.05) is 41.9 Å². The molecule has 1 aliphatic heterocycles. The van der Waals surface area contributed by atoms with Crippen LogP contribution in [0.5, 0.6) is 0 Å². The molecular formula is C19H19ClN2O2. The lowest BCUT2D eigenvalue weighted by molar-refractivity contribution is -0.126. The topological polar surface area (TPSA) is 49.4 Å². The van der Waals surface area contributed by atoms with E-state index in [9.17, 15) is 9.59 Å².